The van der Waals surface area contributed by atoms with Crippen molar-refractivity contribution in [2.75, 3.05) is 12.8 Å². The molecule has 0 spiro atoms. The van der Waals surface area contributed by atoms with Crippen LogP contribution in [0.2, 0.25) is 0 Å². The number of anilines is 1. The molecular formula is C13H12N4O3. The largest absolute Gasteiger partial charge is 0.495 e. The van der Waals surface area contributed by atoms with Crippen LogP contribution in [0.5, 0.6) is 5.75 Å². The normalized spacial score (nSPS) is 10.0. The Labute approximate surface area is 113 Å². The zero-order valence-corrected chi connectivity index (χ0v) is 10.7. The maximum Gasteiger partial charge on any atom is 0.328 e. The van der Waals surface area contributed by atoms with E-state index in [0.717, 1.165) is 5.56 Å². The van der Waals surface area contributed by atoms with E-state index in [0.29, 0.717) is 11.3 Å². The number of hydrogen-bond donors (Lipinski definition) is 2. The molecule has 0 unspecified atom stereocenters. The van der Waals surface area contributed by atoms with Crippen LogP contribution in [0.1, 0.15) is 11.1 Å². The predicted octanol–water partition coefficient (Wildman–Crippen LogP) is 0.0474. The fourth-order valence-corrected chi connectivity index (χ4v) is 1.77. The number of nitrogen functional groups attached to an aromatic ring is 1. The van der Waals surface area contributed by atoms with Gasteiger partial charge in [-0.25, -0.2) is 4.79 Å². The Hall–Kier alpha value is -3.01. The van der Waals surface area contributed by atoms with Gasteiger partial charge in [-0.1, -0.05) is 6.07 Å². The fraction of sp³-hybridized carbons (Fsp3) is 0.154. The highest BCUT2D eigenvalue weighted by molar-refractivity contribution is 5.45. The molecule has 0 fully saturated rings. The monoisotopic (exact) mass is 272 g/mol. The van der Waals surface area contributed by atoms with Crippen LogP contribution in [0, 0.1) is 11.3 Å². The summed E-state index contributed by atoms with van der Waals surface area (Å²) >= 11 is 0. The van der Waals surface area contributed by atoms with Crippen molar-refractivity contribution in [1.82, 2.24) is 9.55 Å². The minimum absolute atomic E-state index is 0.0368. The number of benzene rings is 1. The van der Waals surface area contributed by atoms with Crippen LogP contribution in [-0.4, -0.2) is 16.7 Å². The van der Waals surface area contributed by atoms with E-state index in [4.69, 9.17) is 15.7 Å². The van der Waals surface area contributed by atoms with Crippen LogP contribution >= 0.6 is 0 Å². The molecule has 0 aliphatic rings. The summed E-state index contributed by atoms with van der Waals surface area (Å²) in [6.45, 7) is 0.210. The summed E-state index contributed by atoms with van der Waals surface area (Å²) in [6, 6.07) is 6.97. The molecule has 1 aromatic heterocycles. The number of rotatable bonds is 3. The standard InChI is InChI=1S/C13H12N4O3/c1-20-11-4-8(2-3-9(11)5-14)6-17-7-10(15)12(18)16-13(17)19/h2-4,7H,6,15H2,1H3,(H,16,18,19). The molecule has 102 valence electrons. The van der Waals surface area contributed by atoms with Crippen LogP contribution in [0.4, 0.5) is 5.69 Å². The van der Waals surface area contributed by atoms with Gasteiger partial charge in [0.25, 0.3) is 5.56 Å². The van der Waals surface area contributed by atoms with Crippen molar-refractivity contribution in [2.45, 2.75) is 6.54 Å². The number of nitrogens with one attached hydrogen (secondary N) is 1. The molecular weight excluding hydrogens is 260 g/mol. The second kappa shape index (κ2) is 5.32. The average molecular weight is 272 g/mol. The molecule has 0 saturated carbocycles. The SMILES string of the molecule is COc1cc(Cn2cc(N)c(=O)[nH]c2=O)ccc1C#N. The van der Waals surface area contributed by atoms with Crippen LogP contribution < -0.4 is 21.7 Å². The van der Waals surface area contributed by atoms with Gasteiger partial charge in [0.15, 0.2) is 0 Å². The van der Waals surface area contributed by atoms with Gasteiger partial charge >= 0.3 is 5.69 Å². The minimum atomic E-state index is -0.608. The fourth-order valence-electron chi connectivity index (χ4n) is 1.77. The zero-order valence-electron chi connectivity index (χ0n) is 10.7. The number of aromatic amines is 1. The number of nitriles is 1. The van der Waals surface area contributed by atoms with Crippen molar-refractivity contribution in [2.24, 2.45) is 0 Å². The van der Waals surface area contributed by atoms with Gasteiger partial charge in [-0.05, 0) is 17.7 Å². The summed E-state index contributed by atoms with van der Waals surface area (Å²) in [5.41, 5.74) is 5.43. The van der Waals surface area contributed by atoms with Gasteiger partial charge in [-0.3, -0.25) is 14.3 Å². The third-order valence-electron chi connectivity index (χ3n) is 2.78. The van der Waals surface area contributed by atoms with Crippen LogP contribution in [0.25, 0.3) is 0 Å². The molecule has 0 amide bonds. The topological polar surface area (TPSA) is 114 Å². The van der Waals surface area contributed by atoms with Gasteiger partial charge in [0, 0.05) is 6.20 Å². The Morgan fingerprint density at radius 1 is 1.45 bits per heavy atom. The van der Waals surface area contributed by atoms with E-state index in [1.54, 1.807) is 18.2 Å². The van der Waals surface area contributed by atoms with E-state index in [9.17, 15) is 9.59 Å². The Kier molecular flexibility index (Phi) is 3.57. The lowest BCUT2D eigenvalue weighted by atomic mass is 10.1. The Morgan fingerprint density at radius 2 is 2.20 bits per heavy atom. The molecule has 0 saturated heterocycles. The molecule has 3 N–H and O–H groups in total. The summed E-state index contributed by atoms with van der Waals surface area (Å²) in [5.74, 6) is 0.426. The molecule has 0 bridgehead atoms. The zero-order chi connectivity index (χ0) is 14.7. The number of ether oxygens (including phenoxy) is 1. The molecule has 20 heavy (non-hydrogen) atoms. The van der Waals surface area contributed by atoms with Gasteiger partial charge < -0.3 is 10.5 Å². The van der Waals surface area contributed by atoms with Crippen molar-refractivity contribution >= 4 is 5.69 Å². The van der Waals surface area contributed by atoms with E-state index < -0.39 is 11.2 Å². The third kappa shape index (κ3) is 2.54. The van der Waals surface area contributed by atoms with Gasteiger partial charge in [0.2, 0.25) is 0 Å². The maximum absolute atomic E-state index is 11.6. The van der Waals surface area contributed by atoms with Gasteiger partial charge in [0.05, 0.1) is 19.2 Å². The predicted molar refractivity (Wildman–Crippen MR) is 72.5 cm³/mol. The van der Waals surface area contributed by atoms with E-state index in [1.165, 1.54) is 17.9 Å². The van der Waals surface area contributed by atoms with E-state index in [2.05, 4.69) is 4.98 Å². The number of aromatic nitrogens is 2. The first-order chi connectivity index (χ1) is 9.55. The first-order valence-corrected chi connectivity index (χ1v) is 5.71. The summed E-state index contributed by atoms with van der Waals surface area (Å²) in [5, 5.41) is 8.90. The molecule has 0 aliphatic carbocycles. The van der Waals surface area contributed by atoms with Crippen molar-refractivity contribution < 1.29 is 4.74 Å². The molecule has 1 aromatic carbocycles. The lowest BCUT2D eigenvalue weighted by Gasteiger charge is -2.08. The van der Waals surface area contributed by atoms with Gasteiger partial charge in [0.1, 0.15) is 17.5 Å². The number of hydrogen-bond acceptors (Lipinski definition) is 5. The minimum Gasteiger partial charge on any atom is -0.495 e. The first-order valence-electron chi connectivity index (χ1n) is 5.71. The lowest BCUT2D eigenvalue weighted by Crippen LogP contribution is -2.31. The second-order valence-electron chi connectivity index (χ2n) is 4.12. The summed E-state index contributed by atoms with van der Waals surface area (Å²) in [6.07, 6.45) is 1.28. The smallest absolute Gasteiger partial charge is 0.328 e. The first kappa shape index (κ1) is 13.4. The van der Waals surface area contributed by atoms with Crippen LogP contribution in [0.15, 0.2) is 34.0 Å². The summed E-state index contributed by atoms with van der Waals surface area (Å²) in [4.78, 5) is 24.9. The van der Waals surface area contributed by atoms with Crippen LogP contribution in [0.3, 0.4) is 0 Å². The van der Waals surface area contributed by atoms with E-state index in [-0.39, 0.29) is 12.2 Å². The van der Waals surface area contributed by atoms with Crippen molar-refractivity contribution in [3.05, 3.63) is 56.4 Å². The molecule has 2 rings (SSSR count). The second-order valence-corrected chi connectivity index (χ2v) is 4.12. The summed E-state index contributed by atoms with van der Waals surface area (Å²) in [7, 11) is 1.46. The molecule has 7 nitrogen and oxygen atoms in total. The Morgan fingerprint density at radius 3 is 2.85 bits per heavy atom. The molecule has 0 aliphatic heterocycles. The van der Waals surface area contributed by atoms with Gasteiger partial charge in [-0.15, -0.1) is 0 Å². The summed E-state index contributed by atoms with van der Waals surface area (Å²) < 4.78 is 6.37. The van der Waals surface area contributed by atoms with E-state index in [1.807, 2.05) is 6.07 Å². The van der Waals surface area contributed by atoms with Crippen LogP contribution in [-0.2, 0) is 6.54 Å². The quantitative estimate of drug-likeness (QED) is 0.819. The van der Waals surface area contributed by atoms with Crippen molar-refractivity contribution in [3.8, 4) is 11.8 Å². The number of methoxy groups -OCH3 is 1. The highest BCUT2D eigenvalue weighted by Crippen LogP contribution is 2.19. The lowest BCUT2D eigenvalue weighted by molar-refractivity contribution is 0.412. The molecule has 7 heteroatoms. The number of H-pyrrole nitrogens is 1. The molecule has 2 aromatic rings. The third-order valence-corrected chi connectivity index (χ3v) is 2.78. The van der Waals surface area contributed by atoms with E-state index >= 15 is 0 Å². The highest BCUT2D eigenvalue weighted by atomic mass is 16.5. The number of nitrogens with zero attached hydrogens (tertiary/aromatic N) is 2. The van der Waals surface area contributed by atoms with Gasteiger partial charge in [-0.2, -0.15) is 5.26 Å². The highest BCUT2D eigenvalue weighted by Gasteiger charge is 2.06. The average Bonchev–Trinajstić information content (AvgIpc) is 2.44. The number of nitrogens with two attached hydrogens (primary N) is 1. The van der Waals surface area contributed by atoms with Crippen molar-refractivity contribution in [1.29, 1.82) is 5.26 Å². The molecule has 1 heterocycles. The Balaban J connectivity index is 2.41. The Bertz CT molecular complexity index is 798. The molecule has 0 atom stereocenters. The molecule has 0 radical (unpaired) electrons. The maximum atomic E-state index is 11.6. The van der Waals surface area contributed by atoms with Crippen molar-refractivity contribution in [3.63, 3.8) is 0 Å².